The van der Waals surface area contributed by atoms with Gasteiger partial charge in [0.2, 0.25) is 0 Å². The summed E-state index contributed by atoms with van der Waals surface area (Å²) in [6.45, 7) is 0. The first-order valence-electron chi connectivity index (χ1n) is 20.4. The molecule has 1 unspecified atom stereocenters. The first kappa shape index (κ1) is 34.7. The van der Waals surface area contributed by atoms with E-state index in [0.717, 1.165) is 35.1 Å². The van der Waals surface area contributed by atoms with Gasteiger partial charge in [-0.1, -0.05) is 206 Å². The van der Waals surface area contributed by atoms with E-state index in [2.05, 4.69) is 152 Å². The van der Waals surface area contributed by atoms with Crippen molar-refractivity contribution in [3.8, 4) is 67.5 Å². The quantitative estimate of drug-likeness (QED) is 0.163. The molecular weight excluding hydrogens is 715 g/mol. The molecule has 0 N–H and O–H groups in total. The van der Waals surface area contributed by atoms with Crippen molar-refractivity contribution in [3.05, 3.63) is 235 Å². The van der Waals surface area contributed by atoms with Gasteiger partial charge >= 0.3 is 0 Å². The van der Waals surface area contributed by atoms with E-state index in [-0.39, 0.29) is 0 Å². The topological polar surface area (TPSA) is 38.7 Å². The van der Waals surface area contributed by atoms with Gasteiger partial charge in [-0.15, -0.1) is 0 Å². The zero-order valence-electron chi connectivity index (χ0n) is 32.5. The van der Waals surface area contributed by atoms with Gasteiger partial charge in [0.05, 0.1) is 5.41 Å². The number of aromatic nitrogens is 3. The molecule has 11 rings (SSSR count). The molecule has 1 heterocycles. The Balaban J connectivity index is 1.08. The standard InChI is InChI=1S/C56H39N3/c1-5-18-40(19-6-1)53-57-54(41-20-7-2-8-21-41)59-55(58-53)42-31-29-39(30-32-42)52-46-26-14-13-17-38(46)33-35-47(52)43-34-36-49-48-27-15-16-28-50(48)56(51(49)37-43,44-22-9-3-10-23-44)45-24-11-4-12-25-45/h1-3,5-11,13-37H,4,12H2. The van der Waals surface area contributed by atoms with Gasteiger partial charge < -0.3 is 0 Å². The van der Waals surface area contributed by atoms with Gasteiger partial charge in [0, 0.05) is 16.7 Å². The third-order valence-corrected chi connectivity index (χ3v) is 12.1. The van der Waals surface area contributed by atoms with Crippen LogP contribution in [0.2, 0.25) is 0 Å². The Hall–Kier alpha value is -7.49. The number of fused-ring (bicyclic) bond motifs is 4. The Bertz CT molecular complexity index is 3020. The molecule has 3 heteroatoms. The van der Waals surface area contributed by atoms with Gasteiger partial charge in [-0.05, 0) is 85.3 Å². The fourth-order valence-corrected chi connectivity index (χ4v) is 9.36. The SMILES string of the molecule is C1=CC(C2(c3ccccc3)c3ccccc3-c3ccc(-c4ccc5ccccc5c4-c4ccc(-c5nc(-c6ccccc6)nc(-c6ccccc6)n5)cc4)cc32)=CCC1. The zero-order chi connectivity index (χ0) is 39.2. The lowest BCUT2D eigenvalue weighted by Gasteiger charge is -2.36. The average Bonchev–Trinajstić information content (AvgIpc) is 3.62. The molecule has 278 valence electrons. The third kappa shape index (κ3) is 5.85. The van der Waals surface area contributed by atoms with Crippen molar-refractivity contribution in [2.24, 2.45) is 0 Å². The van der Waals surface area contributed by atoms with Crippen LogP contribution in [-0.2, 0) is 5.41 Å². The molecule has 8 aromatic carbocycles. The average molecular weight is 754 g/mol. The van der Waals surface area contributed by atoms with Crippen LogP contribution < -0.4 is 0 Å². The first-order chi connectivity index (χ1) is 29.3. The lowest BCUT2D eigenvalue weighted by Crippen LogP contribution is -2.29. The minimum absolute atomic E-state index is 0.430. The molecule has 1 atom stereocenters. The third-order valence-electron chi connectivity index (χ3n) is 12.1. The Morgan fingerprint density at radius 1 is 0.390 bits per heavy atom. The van der Waals surface area contributed by atoms with E-state index in [9.17, 15) is 0 Å². The maximum absolute atomic E-state index is 5.01. The summed E-state index contributed by atoms with van der Waals surface area (Å²) in [5.74, 6) is 1.95. The lowest BCUT2D eigenvalue weighted by atomic mass is 9.66. The van der Waals surface area contributed by atoms with Crippen molar-refractivity contribution in [1.82, 2.24) is 15.0 Å². The molecule has 0 amide bonds. The van der Waals surface area contributed by atoms with Crippen LogP contribution >= 0.6 is 0 Å². The molecule has 9 aromatic rings. The van der Waals surface area contributed by atoms with E-state index in [1.807, 2.05) is 60.7 Å². The predicted molar refractivity (Wildman–Crippen MR) is 243 cm³/mol. The van der Waals surface area contributed by atoms with Gasteiger partial charge in [-0.3, -0.25) is 0 Å². The summed E-state index contributed by atoms with van der Waals surface area (Å²) < 4.78 is 0. The Morgan fingerprint density at radius 2 is 0.932 bits per heavy atom. The fraction of sp³-hybridized carbons (Fsp3) is 0.0536. The van der Waals surface area contributed by atoms with E-state index in [4.69, 9.17) is 15.0 Å². The van der Waals surface area contributed by atoms with E-state index < -0.39 is 5.41 Å². The van der Waals surface area contributed by atoms with Crippen LogP contribution in [0.25, 0.3) is 78.3 Å². The van der Waals surface area contributed by atoms with Crippen LogP contribution in [0.15, 0.2) is 218 Å². The molecule has 3 nitrogen and oxygen atoms in total. The largest absolute Gasteiger partial charge is 0.208 e. The van der Waals surface area contributed by atoms with Crippen LogP contribution in [0.3, 0.4) is 0 Å². The molecule has 2 aliphatic carbocycles. The fourth-order valence-electron chi connectivity index (χ4n) is 9.36. The molecular formula is C56H39N3. The second-order valence-electron chi connectivity index (χ2n) is 15.4. The predicted octanol–water partition coefficient (Wildman–Crippen LogP) is 14.0. The summed E-state index contributed by atoms with van der Waals surface area (Å²) in [6, 6.07) is 69.6. The number of nitrogens with zero attached hydrogens (tertiary/aromatic N) is 3. The summed E-state index contributed by atoms with van der Waals surface area (Å²) in [6.07, 6.45) is 9.28. The van der Waals surface area contributed by atoms with E-state index in [1.165, 1.54) is 60.9 Å². The van der Waals surface area contributed by atoms with Gasteiger partial charge in [-0.25, -0.2) is 15.0 Å². The summed E-state index contributed by atoms with van der Waals surface area (Å²) in [7, 11) is 0. The highest BCUT2D eigenvalue weighted by atomic mass is 15.0. The van der Waals surface area contributed by atoms with E-state index >= 15 is 0 Å². The Kier molecular flexibility index (Phi) is 8.52. The minimum atomic E-state index is -0.430. The van der Waals surface area contributed by atoms with Crippen molar-refractivity contribution in [3.63, 3.8) is 0 Å². The molecule has 0 saturated carbocycles. The summed E-state index contributed by atoms with van der Waals surface area (Å²) in [5.41, 5.74) is 15.0. The zero-order valence-corrected chi connectivity index (χ0v) is 32.5. The molecule has 59 heavy (non-hydrogen) atoms. The van der Waals surface area contributed by atoms with Crippen molar-refractivity contribution in [2.45, 2.75) is 18.3 Å². The second-order valence-corrected chi connectivity index (χ2v) is 15.4. The Morgan fingerprint density at radius 3 is 1.61 bits per heavy atom. The maximum atomic E-state index is 5.01. The molecule has 2 aliphatic rings. The second kappa shape index (κ2) is 14.5. The molecule has 0 bridgehead atoms. The van der Waals surface area contributed by atoms with Crippen LogP contribution in [0, 0.1) is 0 Å². The van der Waals surface area contributed by atoms with Crippen molar-refractivity contribution < 1.29 is 0 Å². The van der Waals surface area contributed by atoms with Gasteiger partial charge in [0.1, 0.15) is 0 Å². The van der Waals surface area contributed by atoms with E-state index in [0.29, 0.717) is 17.5 Å². The summed E-state index contributed by atoms with van der Waals surface area (Å²) >= 11 is 0. The number of rotatable bonds is 7. The highest BCUT2D eigenvalue weighted by Gasteiger charge is 2.47. The van der Waals surface area contributed by atoms with Gasteiger partial charge in [0.25, 0.3) is 0 Å². The van der Waals surface area contributed by atoms with Gasteiger partial charge in [0.15, 0.2) is 17.5 Å². The van der Waals surface area contributed by atoms with Crippen LogP contribution in [-0.4, -0.2) is 15.0 Å². The number of hydrogen-bond donors (Lipinski definition) is 0. The molecule has 0 fully saturated rings. The Labute approximate surface area is 344 Å². The van der Waals surface area contributed by atoms with Crippen LogP contribution in [0.4, 0.5) is 0 Å². The minimum Gasteiger partial charge on any atom is -0.208 e. The first-order valence-corrected chi connectivity index (χ1v) is 20.4. The molecule has 0 spiro atoms. The normalized spacial score (nSPS) is 15.4. The molecule has 1 aromatic heterocycles. The number of hydrogen-bond acceptors (Lipinski definition) is 3. The smallest absolute Gasteiger partial charge is 0.164 e. The molecule has 0 aliphatic heterocycles. The monoisotopic (exact) mass is 753 g/mol. The maximum Gasteiger partial charge on any atom is 0.164 e. The van der Waals surface area contributed by atoms with Crippen LogP contribution in [0.1, 0.15) is 29.5 Å². The lowest BCUT2D eigenvalue weighted by molar-refractivity contribution is 0.752. The summed E-state index contributed by atoms with van der Waals surface area (Å²) in [5, 5.41) is 2.42. The highest BCUT2D eigenvalue weighted by molar-refractivity contribution is 6.05. The van der Waals surface area contributed by atoms with E-state index in [1.54, 1.807) is 0 Å². The number of allylic oxidation sites excluding steroid dienone is 4. The summed E-state index contributed by atoms with van der Waals surface area (Å²) in [4.78, 5) is 14.9. The van der Waals surface area contributed by atoms with Crippen molar-refractivity contribution in [2.75, 3.05) is 0 Å². The van der Waals surface area contributed by atoms with Crippen LogP contribution in [0.5, 0.6) is 0 Å². The number of benzene rings is 8. The van der Waals surface area contributed by atoms with Crippen molar-refractivity contribution >= 4 is 10.8 Å². The highest BCUT2D eigenvalue weighted by Crippen LogP contribution is 2.58. The van der Waals surface area contributed by atoms with Gasteiger partial charge in [-0.2, -0.15) is 0 Å². The van der Waals surface area contributed by atoms with Crippen molar-refractivity contribution in [1.29, 1.82) is 0 Å². The molecule has 0 saturated heterocycles. The molecule has 0 radical (unpaired) electrons.